The molecule has 0 aliphatic heterocycles. The molecule has 0 saturated heterocycles. The first-order chi connectivity index (χ1) is 9.13. The Kier molecular flexibility index (Phi) is 3.88. The van der Waals surface area contributed by atoms with Gasteiger partial charge in [0.1, 0.15) is 11.6 Å². The fourth-order valence-electron chi connectivity index (χ4n) is 1.84. The zero-order valence-electron chi connectivity index (χ0n) is 10.3. The second kappa shape index (κ2) is 5.59. The van der Waals surface area contributed by atoms with Gasteiger partial charge in [0.2, 0.25) is 5.91 Å². The number of hydrogen-bond donors (Lipinski definition) is 1. The average molecular weight is 267 g/mol. The fraction of sp³-hybridized carbons (Fsp3) is 0.0667. The van der Waals surface area contributed by atoms with Gasteiger partial charge in [-0.25, -0.2) is 0 Å². The second-order valence-corrected chi connectivity index (χ2v) is 4.42. The summed E-state index contributed by atoms with van der Waals surface area (Å²) in [6.07, 6.45) is 1.53. The zero-order chi connectivity index (χ0) is 13.8. The van der Waals surface area contributed by atoms with Gasteiger partial charge in [-0.05, 0) is 35.4 Å². The van der Waals surface area contributed by atoms with Crippen LogP contribution in [0.15, 0.2) is 42.0 Å². The van der Waals surface area contributed by atoms with Crippen molar-refractivity contribution in [2.24, 2.45) is 0 Å². The summed E-state index contributed by atoms with van der Waals surface area (Å²) >= 11 is 4.43. The average Bonchev–Trinajstić information content (AvgIpc) is 2.44. The largest absolute Gasteiger partial charge is 0.667 e. The number of aryl methyl sites for hydroxylation is 1. The van der Waals surface area contributed by atoms with Gasteiger partial charge >= 0.3 is 0 Å². The van der Waals surface area contributed by atoms with Crippen molar-refractivity contribution in [3.05, 3.63) is 53.1 Å². The minimum Gasteiger partial charge on any atom is -0.667 e. The van der Waals surface area contributed by atoms with E-state index in [2.05, 4.69) is 18.9 Å². The van der Waals surface area contributed by atoms with Gasteiger partial charge in [-0.3, -0.25) is 4.79 Å². The van der Waals surface area contributed by atoms with Gasteiger partial charge in [0, 0.05) is 0 Å². The summed E-state index contributed by atoms with van der Waals surface area (Å²) in [4.78, 5) is 11.3. The summed E-state index contributed by atoms with van der Waals surface area (Å²) in [6, 6.07) is 13.7. The lowest BCUT2D eigenvalue weighted by molar-refractivity contribution is -0.115. The topological polar surface area (TPSA) is 52.9 Å². The van der Waals surface area contributed by atoms with Crippen molar-refractivity contribution in [2.75, 3.05) is 0 Å². The number of nitrogens with one attached hydrogen (secondary N) is 1. The Morgan fingerprint density at radius 1 is 1.26 bits per heavy atom. The Labute approximate surface area is 117 Å². The highest BCUT2D eigenvalue weighted by molar-refractivity contribution is 7.57. The van der Waals surface area contributed by atoms with E-state index < -0.39 is 5.91 Å². The molecule has 0 aliphatic carbocycles. The van der Waals surface area contributed by atoms with E-state index in [1.807, 2.05) is 48.0 Å². The van der Waals surface area contributed by atoms with Crippen molar-refractivity contribution < 1.29 is 4.79 Å². The number of fused-ring (bicyclic) bond motifs is 1. The third-order valence-electron chi connectivity index (χ3n) is 2.79. The summed E-state index contributed by atoms with van der Waals surface area (Å²) in [5.41, 5.74) is 1.99. The van der Waals surface area contributed by atoms with Gasteiger partial charge in [-0.2, -0.15) is 5.26 Å². The minimum absolute atomic E-state index is 0.00135. The molecule has 0 spiro atoms. The molecule has 3 nitrogen and oxygen atoms in total. The Morgan fingerprint density at radius 2 is 1.95 bits per heavy atom. The number of carbonyl (C=O) groups excluding carboxylic acids is 1. The van der Waals surface area contributed by atoms with E-state index in [1.165, 1.54) is 11.6 Å². The van der Waals surface area contributed by atoms with E-state index in [-0.39, 0.29) is 5.57 Å². The number of amides is 1. The zero-order valence-corrected chi connectivity index (χ0v) is 11.1. The van der Waals surface area contributed by atoms with Crippen LogP contribution >= 0.6 is 0 Å². The molecular formula is C15H11N2OS-. The maximum absolute atomic E-state index is 11.3. The highest BCUT2D eigenvalue weighted by atomic mass is 32.1. The molecule has 2 aromatic carbocycles. The third kappa shape index (κ3) is 2.95. The normalized spacial score (nSPS) is 11.1. The van der Waals surface area contributed by atoms with Gasteiger partial charge in [0.15, 0.2) is 0 Å². The summed E-state index contributed by atoms with van der Waals surface area (Å²) in [6.45, 7) is 2.04. The van der Waals surface area contributed by atoms with E-state index >= 15 is 0 Å². The van der Waals surface area contributed by atoms with E-state index in [1.54, 1.807) is 0 Å². The Hall–Kier alpha value is -2.25. The van der Waals surface area contributed by atoms with E-state index in [0.29, 0.717) is 0 Å². The van der Waals surface area contributed by atoms with Gasteiger partial charge < -0.3 is 17.5 Å². The minimum atomic E-state index is -0.554. The summed E-state index contributed by atoms with van der Waals surface area (Å²) < 4.78 is 2.03. The van der Waals surface area contributed by atoms with Crippen LogP contribution in [0.1, 0.15) is 11.1 Å². The van der Waals surface area contributed by atoms with Gasteiger partial charge in [0.25, 0.3) is 0 Å². The van der Waals surface area contributed by atoms with Crippen LogP contribution in [0.25, 0.3) is 16.8 Å². The highest BCUT2D eigenvalue weighted by Gasteiger charge is 2.04. The third-order valence-corrected chi connectivity index (χ3v) is 2.97. The van der Waals surface area contributed by atoms with Crippen LogP contribution in [0.2, 0.25) is 0 Å². The molecule has 0 bridgehead atoms. The van der Waals surface area contributed by atoms with Crippen molar-refractivity contribution in [2.45, 2.75) is 6.92 Å². The predicted octanol–water partition coefficient (Wildman–Crippen LogP) is 2.63. The first kappa shape index (κ1) is 13.2. The first-order valence-electron chi connectivity index (χ1n) is 5.69. The monoisotopic (exact) mass is 267 g/mol. The Bertz CT molecular complexity index is 714. The SMILES string of the molecule is Cc1ccc2cc(C=C(C#N)C(=O)N[S-])ccc2c1. The van der Waals surface area contributed by atoms with E-state index in [0.717, 1.165) is 16.3 Å². The predicted molar refractivity (Wildman–Crippen MR) is 77.8 cm³/mol. The molecular weight excluding hydrogens is 256 g/mol. The van der Waals surface area contributed by atoms with E-state index in [4.69, 9.17) is 5.26 Å². The molecule has 1 N–H and O–H groups in total. The fourth-order valence-corrected chi connectivity index (χ4v) is 1.95. The maximum Gasteiger partial charge on any atom is 0.240 e. The summed E-state index contributed by atoms with van der Waals surface area (Å²) in [5.74, 6) is -0.554. The summed E-state index contributed by atoms with van der Waals surface area (Å²) in [5, 5.41) is 11.1. The van der Waals surface area contributed by atoms with Gasteiger partial charge in [-0.15, -0.1) is 0 Å². The number of nitriles is 1. The molecule has 0 aliphatic rings. The van der Waals surface area contributed by atoms with Crippen LogP contribution in [-0.2, 0) is 17.6 Å². The van der Waals surface area contributed by atoms with Crippen molar-refractivity contribution >= 4 is 35.6 Å². The Morgan fingerprint density at radius 3 is 2.63 bits per heavy atom. The number of rotatable bonds is 2. The van der Waals surface area contributed by atoms with Crippen LogP contribution in [0.4, 0.5) is 0 Å². The smallest absolute Gasteiger partial charge is 0.240 e. The number of carbonyl (C=O) groups is 1. The van der Waals surface area contributed by atoms with Gasteiger partial charge in [-0.1, -0.05) is 35.9 Å². The van der Waals surface area contributed by atoms with Crippen molar-refractivity contribution in [1.29, 1.82) is 5.26 Å². The molecule has 0 atom stereocenters. The quantitative estimate of drug-likeness (QED) is 0.517. The molecule has 0 fully saturated rings. The number of benzene rings is 2. The van der Waals surface area contributed by atoms with Crippen molar-refractivity contribution in [3.63, 3.8) is 0 Å². The standard InChI is InChI=1S/C15H11N2OS/c1-10-2-4-13-7-11(3-5-12(13)6-10)8-14(9-16)15(18)17-19/h2-8H,1H3,(H-,17,18,19)/q-1. The lowest BCUT2D eigenvalue weighted by Gasteiger charge is -2.06. The molecule has 0 saturated carbocycles. The van der Waals surface area contributed by atoms with Crippen molar-refractivity contribution in [1.82, 2.24) is 4.72 Å². The van der Waals surface area contributed by atoms with Crippen LogP contribution < -0.4 is 4.72 Å². The van der Waals surface area contributed by atoms with Crippen LogP contribution in [0, 0.1) is 18.3 Å². The lowest BCUT2D eigenvalue weighted by Crippen LogP contribution is -2.17. The first-order valence-corrected chi connectivity index (χ1v) is 6.09. The van der Waals surface area contributed by atoms with Crippen LogP contribution in [-0.4, -0.2) is 5.91 Å². The van der Waals surface area contributed by atoms with Crippen LogP contribution in [0.5, 0.6) is 0 Å². The molecule has 94 valence electrons. The molecule has 1 amide bonds. The molecule has 0 heterocycles. The molecule has 2 aromatic rings. The lowest BCUT2D eigenvalue weighted by atomic mass is 10.0. The molecule has 0 radical (unpaired) electrons. The van der Waals surface area contributed by atoms with Crippen LogP contribution in [0.3, 0.4) is 0 Å². The number of hydrogen-bond acceptors (Lipinski definition) is 3. The van der Waals surface area contributed by atoms with Crippen molar-refractivity contribution in [3.8, 4) is 6.07 Å². The highest BCUT2D eigenvalue weighted by Crippen LogP contribution is 2.19. The molecule has 2 rings (SSSR count). The number of nitrogens with zero attached hydrogens (tertiary/aromatic N) is 1. The summed E-state index contributed by atoms with van der Waals surface area (Å²) in [7, 11) is 0. The molecule has 0 unspecified atom stereocenters. The van der Waals surface area contributed by atoms with E-state index in [9.17, 15) is 4.79 Å². The Balaban J connectivity index is 2.47. The van der Waals surface area contributed by atoms with Gasteiger partial charge in [0.05, 0.1) is 0 Å². The molecule has 19 heavy (non-hydrogen) atoms. The molecule has 4 heteroatoms. The second-order valence-electron chi connectivity index (χ2n) is 4.21. The maximum atomic E-state index is 11.3. The molecule has 0 aromatic heterocycles.